The van der Waals surface area contributed by atoms with Crippen molar-refractivity contribution in [1.29, 1.82) is 0 Å². The summed E-state index contributed by atoms with van der Waals surface area (Å²) in [4.78, 5) is 25.2. The van der Waals surface area contributed by atoms with Crippen LogP contribution in [0.1, 0.15) is 41.5 Å². The smallest absolute Gasteiger partial charge is 0.306 e. The first-order chi connectivity index (χ1) is 15.6. The molecule has 1 unspecified atom stereocenters. The average molecular weight is 431 g/mol. The van der Waals surface area contributed by atoms with Crippen LogP contribution in [0.4, 0.5) is 11.4 Å². The van der Waals surface area contributed by atoms with E-state index in [1.165, 1.54) is 16.7 Å². The number of non-ortho nitro benzene ring substituents is 1. The first kappa shape index (κ1) is 21.6. The number of rotatable bonds is 7. The van der Waals surface area contributed by atoms with Crippen LogP contribution in [0.2, 0.25) is 0 Å². The van der Waals surface area contributed by atoms with Crippen molar-refractivity contribution in [2.45, 2.75) is 32.2 Å². The van der Waals surface area contributed by atoms with E-state index in [0.29, 0.717) is 13.0 Å². The Bertz CT molecular complexity index is 1100. The Morgan fingerprint density at radius 2 is 1.81 bits per heavy atom. The highest BCUT2D eigenvalue weighted by Gasteiger charge is 2.26. The summed E-state index contributed by atoms with van der Waals surface area (Å²) >= 11 is 0. The summed E-state index contributed by atoms with van der Waals surface area (Å²) < 4.78 is 5.27. The van der Waals surface area contributed by atoms with Crippen molar-refractivity contribution in [2.75, 3.05) is 18.1 Å². The molecule has 6 nitrogen and oxygen atoms in total. The predicted molar refractivity (Wildman–Crippen MR) is 124 cm³/mol. The lowest BCUT2D eigenvalue weighted by Gasteiger charge is -2.33. The molecule has 0 saturated heterocycles. The summed E-state index contributed by atoms with van der Waals surface area (Å²) in [6, 6.07) is 23.1. The van der Waals surface area contributed by atoms with Gasteiger partial charge in [0.15, 0.2) is 0 Å². The number of ether oxygens (including phenoxy) is 1. The lowest BCUT2D eigenvalue weighted by Crippen LogP contribution is -2.31. The van der Waals surface area contributed by atoms with Gasteiger partial charge >= 0.3 is 5.97 Å². The Hall–Kier alpha value is -3.67. The highest BCUT2D eigenvalue weighted by Crippen LogP contribution is 2.35. The molecule has 0 N–H and O–H groups in total. The minimum atomic E-state index is -0.380. The van der Waals surface area contributed by atoms with Crippen molar-refractivity contribution in [3.05, 3.63) is 105 Å². The molecule has 0 aromatic heterocycles. The Morgan fingerprint density at radius 1 is 1.06 bits per heavy atom. The topological polar surface area (TPSA) is 72.7 Å². The van der Waals surface area contributed by atoms with Crippen LogP contribution in [0.15, 0.2) is 72.8 Å². The lowest BCUT2D eigenvalue weighted by atomic mass is 9.82. The number of carbonyl (C=O) groups is 1. The highest BCUT2D eigenvalue weighted by atomic mass is 16.6. The molecule has 6 heteroatoms. The fourth-order valence-corrected chi connectivity index (χ4v) is 4.45. The third-order valence-corrected chi connectivity index (χ3v) is 5.98. The van der Waals surface area contributed by atoms with Gasteiger partial charge in [0.2, 0.25) is 0 Å². The molecule has 3 aromatic carbocycles. The molecular formula is C26H26N2O4. The van der Waals surface area contributed by atoms with Gasteiger partial charge in [0.1, 0.15) is 0 Å². The van der Waals surface area contributed by atoms with Gasteiger partial charge in [0, 0.05) is 36.8 Å². The van der Waals surface area contributed by atoms with Crippen molar-refractivity contribution in [2.24, 2.45) is 0 Å². The third kappa shape index (κ3) is 4.64. The van der Waals surface area contributed by atoms with Crippen LogP contribution in [-0.4, -0.2) is 24.0 Å². The van der Waals surface area contributed by atoms with Gasteiger partial charge in [-0.15, -0.1) is 0 Å². The summed E-state index contributed by atoms with van der Waals surface area (Å²) in [7, 11) is 0. The minimum Gasteiger partial charge on any atom is -0.466 e. The van der Waals surface area contributed by atoms with Crippen LogP contribution in [0, 0.1) is 10.1 Å². The van der Waals surface area contributed by atoms with Crippen LogP contribution in [0.3, 0.4) is 0 Å². The van der Waals surface area contributed by atoms with Gasteiger partial charge in [-0.2, -0.15) is 0 Å². The molecule has 0 aliphatic carbocycles. The SMILES string of the molecule is CCOC(=O)CC(c1ccccc1)c1cccc2c1CCN(c1ccc([N+](=O)[O-])cc1)C2. The standard InChI is InChI=1S/C26H26N2O4/c1-2-32-26(29)17-25(19-7-4-3-5-8-19)24-10-6-9-20-18-27(16-15-23(20)24)21-11-13-22(14-12-21)28(30)31/h3-14,25H,2,15-18H2,1H3. The summed E-state index contributed by atoms with van der Waals surface area (Å²) in [6.45, 7) is 3.73. The number of nitrogens with zero attached hydrogens (tertiary/aromatic N) is 2. The average Bonchev–Trinajstić information content (AvgIpc) is 2.82. The summed E-state index contributed by atoms with van der Waals surface area (Å²) in [6.07, 6.45) is 1.15. The molecule has 0 amide bonds. The minimum absolute atomic E-state index is 0.0591. The van der Waals surface area contributed by atoms with E-state index < -0.39 is 0 Å². The molecule has 0 fully saturated rings. The van der Waals surface area contributed by atoms with E-state index in [9.17, 15) is 14.9 Å². The number of carbonyl (C=O) groups excluding carboxylic acids is 1. The van der Waals surface area contributed by atoms with E-state index in [1.807, 2.05) is 25.1 Å². The fourth-order valence-electron chi connectivity index (χ4n) is 4.45. The van der Waals surface area contributed by atoms with E-state index in [1.54, 1.807) is 24.3 Å². The normalized spacial score (nSPS) is 13.8. The third-order valence-electron chi connectivity index (χ3n) is 5.98. The zero-order valence-corrected chi connectivity index (χ0v) is 18.1. The number of anilines is 1. The van der Waals surface area contributed by atoms with Gasteiger partial charge in [-0.05, 0) is 47.7 Å². The van der Waals surface area contributed by atoms with Gasteiger partial charge in [-0.1, -0.05) is 48.5 Å². The number of fused-ring (bicyclic) bond motifs is 1. The summed E-state index contributed by atoms with van der Waals surface area (Å²) in [5.41, 5.74) is 5.84. The lowest BCUT2D eigenvalue weighted by molar-refractivity contribution is -0.384. The molecule has 32 heavy (non-hydrogen) atoms. The maximum Gasteiger partial charge on any atom is 0.306 e. The second-order valence-corrected chi connectivity index (χ2v) is 7.90. The number of nitro groups is 1. The Morgan fingerprint density at radius 3 is 2.50 bits per heavy atom. The molecule has 0 spiro atoms. The Balaban J connectivity index is 1.63. The van der Waals surface area contributed by atoms with E-state index >= 15 is 0 Å². The molecule has 4 rings (SSSR count). The quantitative estimate of drug-likeness (QED) is 0.291. The monoisotopic (exact) mass is 430 g/mol. The van der Waals surface area contributed by atoms with Gasteiger partial charge in [-0.25, -0.2) is 0 Å². The van der Waals surface area contributed by atoms with Crippen molar-refractivity contribution in [3.8, 4) is 0 Å². The predicted octanol–water partition coefficient (Wildman–Crippen LogP) is 5.24. The molecule has 1 heterocycles. The van der Waals surface area contributed by atoms with Gasteiger partial charge in [0.05, 0.1) is 18.0 Å². The molecule has 0 bridgehead atoms. The van der Waals surface area contributed by atoms with Crippen LogP contribution >= 0.6 is 0 Å². The molecule has 0 saturated carbocycles. The number of esters is 1. The van der Waals surface area contributed by atoms with E-state index in [0.717, 1.165) is 30.8 Å². The first-order valence-corrected chi connectivity index (χ1v) is 10.9. The summed E-state index contributed by atoms with van der Waals surface area (Å²) in [5, 5.41) is 10.9. The molecule has 3 aromatic rings. The molecule has 164 valence electrons. The Kier molecular flexibility index (Phi) is 6.50. The maximum absolute atomic E-state index is 12.4. The van der Waals surface area contributed by atoms with E-state index in [2.05, 4.69) is 35.2 Å². The maximum atomic E-state index is 12.4. The van der Waals surface area contributed by atoms with Crippen molar-refractivity contribution < 1.29 is 14.5 Å². The summed E-state index contributed by atoms with van der Waals surface area (Å²) in [5.74, 6) is -0.251. The second kappa shape index (κ2) is 9.64. The molecule has 0 radical (unpaired) electrons. The number of hydrogen-bond acceptors (Lipinski definition) is 5. The first-order valence-electron chi connectivity index (χ1n) is 10.9. The van der Waals surface area contributed by atoms with Crippen molar-refractivity contribution in [3.63, 3.8) is 0 Å². The molecular weight excluding hydrogens is 404 g/mol. The fraction of sp³-hybridized carbons (Fsp3) is 0.269. The molecule has 1 atom stereocenters. The largest absolute Gasteiger partial charge is 0.466 e. The second-order valence-electron chi connectivity index (χ2n) is 7.90. The van der Waals surface area contributed by atoms with E-state index in [4.69, 9.17) is 4.74 Å². The van der Waals surface area contributed by atoms with Gasteiger partial charge < -0.3 is 9.64 Å². The zero-order valence-electron chi connectivity index (χ0n) is 18.1. The van der Waals surface area contributed by atoms with Crippen LogP contribution < -0.4 is 4.90 Å². The molecule has 1 aliphatic rings. The number of hydrogen-bond donors (Lipinski definition) is 0. The highest BCUT2D eigenvalue weighted by molar-refractivity contribution is 5.72. The van der Waals surface area contributed by atoms with Crippen LogP contribution in [0.5, 0.6) is 0 Å². The van der Waals surface area contributed by atoms with Gasteiger partial charge in [-0.3, -0.25) is 14.9 Å². The number of benzene rings is 3. The Labute approximate surface area is 187 Å². The van der Waals surface area contributed by atoms with Crippen LogP contribution in [-0.2, 0) is 22.5 Å². The van der Waals surface area contributed by atoms with Gasteiger partial charge in [0.25, 0.3) is 5.69 Å². The number of nitro benzene ring substituents is 1. The van der Waals surface area contributed by atoms with E-state index in [-0.39, 0.29) is 22.5 Å². The zero-order chi connectivity index (χ0) is 22.5. The van der Waals surface area contributed by atoms with Crippen LogP contribution in [0.25, 0.3) is 0 Å². The van der Waals surface area contributed by atoms with Crippen molar-refractivity contribution in [1.82, 2.24) is 0 Å². The van der Waals surface area contributed by atoms with Crippen molar-refractivity contribution >= 4 is 17.3 Å². The molecule has 1 aliphatic heterocycles.